The summed E-state index contributed by atoms with van der Waals surface area (Å²) in [6.45, 7) is 4.73. The van der Waals surface area contributed by atoms with Crippen LogP contribution < -0.4 is 5.73 Å². The number of piperazine rings is 1. The standard InChI is InChI=1S/C13H22N6O2/c1-2-3-11(12(14)17-21)18-6-8-19(9-7-18)13(20)10-4-5-15-16-10/h4-5,11,21H,2-3,6-9H2,1H3,(H2,14,17)(H,15,16). The van der Waals surface area contributed by atoms with E-state index in [1.165, 1.54) is 0 Å². The van der Waals surface area contributed by atoms with Crippen molar-refractivity contribution in [1.29, 1.82) is 0 Å². The fourth-order valence-electron chi connectivity index (χ4n) is 2.64. The molecule has 1 aromatic heterocycles. The van der Waals surface area contributed by atoms with Crippen molar-refractivity contribution < 1.29 is 10.0 Å². The van der Waals surface area contributed by atoms with Crippen LogP contribution in [-0.4, -0.2) is 69.2 Å². The largest absolute Gasteiger partial charge is 0.409 e. The van der Waals surface area contributed by atoms with Gasteiger partial charge in [0.15, 0.2) is 5.84 Å². The molecule has 0 saturated carbocycles. The predicted molar refractivity (Wildman–Crippen MR) is 78.2 cm³/mol. The number of nitrogens with zero attached hydrogens (tertiary/aromatic N) is 4. The highest BCUT2D eigenvalue weighted by atomic mass is 16.4. The molecule has 8 heteroatoms. The molecular formula is C13H22N6O2. The van der Waals surface area contributed by atoms with E-state index in [0.717, 1.165) is 12.8 Å². The highest BCUT2D eigenvalue weighted by Crippen LogP contribution is 2.13. The van der Waals surface area contributed by atoms with Crippen molar-refractivity contribution in [3.8, 4) is 0 Å². The number of amides is 1. The van der Waals surface area contributed by atoms with Crippen LogP contribution >= 0.6 is 0 Å². The minimum absolute atomic E-state index is 0.0389. The summed E-state index contributed by atoms with van der Waals surface area (Å²) in [5.41, 5.74) is 6.27. The topological polar surface area (TPSA) is 111 Å². The number of nitrogens with two attached hydrogens (primary N) is 1. The van der Waals surface area contributed by atoms with Gasteiger partial charge in [-0.05, 0) is 12.5 Å². The number of carbonyl (C=O) groups excluding carboxylic acids is 1. The van der Waals surface area contributed by atoms with Gasteiger partial charge in [0.1, 0.15) is 5.69 Å². The van der Waals surface area contributed by atoms with Crippen LogP contribution in [0, 0.1) is 0 Å². The Balaban J connectivity index is 1.94. The molecule has 1 aromatic rings. The number of oxime groups is 1. The summed E-state index contributed by atoms with van der Waals surface area (Å²) in [5, 5.41) is 18.5. The summed E-state index contributed by atoms with van der Waals surface area (Å²) < 4.78 is 0. The molecule has 0 spiro atoms. The predicted octanol–water partition coefficient (Wildman–Crippen LogP) is 0.0826. The van der Waals surface area contributed by atoms with Crippen LogP contribution in [0.1, 0.15) is 30.3 Å². The van der Waals surface area contributed by atoms with Gasteiger partial charge in [-0.15, -0.1) is 0 Å². The van der Waals surface area contributed by atoms with Crippen LogP contribution in [-0.2, 0) is 0 Å². The fraction of sp³-hybridized carbons (Fsp3) is 0.615. The van der Waals surface area contributed by atoms with Crippen LogP contribution in [0.4, 0.5) is 0 Å². The molecule has 0 aromatic carbocycles. The van der Waals surface area contributed by atoms with Crippen molar-refractivity contribution >= 4 is 11.7 Å². The zero-order valence-corrected chi connectivity index (χ0v) is 12.2. The molecule has 4 N–H and O–H groups in total. The van der Waals surface area contributed by atoms with E-state index >= 15 is 0 Å². The van der Waals surface area contributed by atoms with Crippen LogP contribution in [0.3, 0.4) is 0 Å². The van der Waals surface area contributed by atoms with Gasteiger partial charge in [0.25, 0.3) is 5.91 Å². The Morgan fingerprint density at radius 1 is 1.52 bits per heavy atom. The lowest BCUT2D eigenvalue weighted by Gasteiger charge is -2.38. The number of aromatic amines is 1. The van der Waals surface area contributed by atoms with Gasteiger partial charge in [0.2, 0.25) is 0 Å². The van der Waals surface area contributed by atoms with E-state index < -0.39 is 0 Å². The Hall–Kier alpha value is -2.09. The first-order valence-electron chi connectivity index (χ1n) is 7.17. The summed E-state index contributed by atoms with van der Waals surface area (Å²) in [5.74, 6) is 0.202. The second-order valence-electron chi connectivity index (χ2n) is 5.13. The zero-order chi connectivity index (χ0) is 15.2. The molecule has 0 aliphatic carbocycles. The Morgan fingerprint density at radius 3 is 2.76 bits per heavy atom. The lowest BCUT2D eigenvalue weighted by molar-refractivity contribution is 0.0599. The van der Waals surface area contributed by atoms with Crippen molar-refractivity contribution in [2.75, 3.05) is 26.2 Å². The molecule has 2 rings (SSSR count). The molecule has 0 radical (unpaired) electrons. The number of aromatic nitrogens is 2. The number of H-pyrrole nitrogens is 1. The molecule has 8 nitrogen and oxygen atoms in total. The quantitative estimate of drug-likeness (QED) is 0.308. The Kier molecular flexibility index (Phi) is 5.15. The molecule has 1 fully saturated rings. The van der Waals surface area contributed by atoms with Crippen molar-refractivity contribution in [3.05, 3.63) is 18.0 Å². The van der Waals surface area contributed by atoms with Gasteiger partial charge in [0, 0.05) is 32.4 Å². The minimum atomic E-state index is -0.0654. The van der Waals surface area contributed by atoms with Crippen LogP contribution in [0.2, 0.25) is 0 Å². The monoisotopic (exact) mass is 294 g/mol. The Bertz CT molecular complexity index is 479. The van der Waals surface area contributed by atoms with E-state index in [1.807, 2.05) is 0 Å². The third-order valence-electron chi connectivity index (χ3n) is 3.79. The fourth-order valence-corrected chi connectivity index (χ4v) is 2.64. The minimum Gasteiger partial charge on any atom is -0.409 e. The smallest absolute Gasteiger partial charge is 0.271 e. The van der Waals surface area contributed by atoms with Crippen LogP contribution in [0.25, 0.3) is 0 Å². The number of rotatable bonds is 5. The molecule has 1 amide bonds. The SMILES string of the molecule is CCCC(C(N)=NO)N1CCN(C(=O)c2ccn[nH]2)CC1. The molecule has 1 aliphatic heterocycles. The second-order valence-corrected chi connectivity index (χ2v) is 5.13. The normalized spacial score (nSPS) is 18.7. The second kappa shape index (κ2) is 7.07. The molecule has 1 atom stereocenters. The van der Waals surface area contributed by atoms with Crippen molar-refractivity contribution in [3.63, 3.8) is 0 Å². The summed E-state index contributed by atoms with van der Waals surface area (Å²) >= 11 is 0. The maximum atomic E-state index is 12.2. The summed E-state index contributed by atoms with van der Waals surface area (Å²) in [4.78, 5) is 16.2. The zero-order valence-electron chi connectivity index (χ0n) is 12.2. The molecule has 1 aliphatic rings. The molecule has 116 valence electrons. The van der Waals surface area contributed by atoms with E-state index in [-0.39, 0.29) is 17.8 Å². The van der Waals surface area contributed by atoms with Gasteiger partial charge < -0.3 is 15.8 Å². The average Bonchev–Trinajstić information content (AvgIpc) is 3.06. The molecular weight excluding hydrogens is 272 g/mol. The number of amidine groups is 1. The number of hydrogen-bond donors (Lipinski definition) is 3. The van der Waals surface area contributed by atoms with Crippen molar-refractivity contribution in [2.45, 2.75) is 25.8 Å². The van der Waals surface area contributed by atoms with E-state index in [0.29, 0.717) is 31.9 Å². The third kappa shape index (κ3) is 3.52. The van der Waals surface area contributed by atoms with Gasteiger partial charge in [-0.3, -0.25) is 14.8 Å². The number of nitrogens with one attached hydrogen (secondary N) is 1. The highest BCUT2D eigenvalue weighted by molar-refractivity contribution is 5.92. The van der Waals surface area contributed by atoms with E-state index in [2.05, 4.69) is 27.2 Å². The number of carbonyl (C=O) groups is 1. The van der Waals surface area contributed by atoms with Crippen LogP contribution in [0.15, 0.2) is 17.4 Å². The Morgan fingerprint density at radius 2 is 2.24 bits per heavy atom. The molecule has 21 heavy (non-hydrogen) atoms. The number of hydrogen-bond acceptors (Lipinski definition) is 5. The average molecular weight is 294 g/mol. The van der Waals surface area contributed by atoms with Gasteiger partial charge in [0.05, 0.1) is 6.04 Å². The van der Waals surface area contributed by atoms with E-state index in [4.69, 9.17) is 10.9 Å². The van der Waals surface area contributed by atoms with Crippen molar-refractivity contribution in [2.24, 2.45) is 10.9 Å². The lowest BCUT2D eigenvalue weighted by Crippen LogP contribution is -2.55. The first-order valence-corrected chi connectivity index (χ1v) is 7.17. The molecule has 0 bridgehead atoms. The van der Waals surface area contributed by atoms with Crippen LogP contribution in [0.5, 0.6) is 0 Å². The van der Waals surface area contributed by atoms with Crippen molar-refractivity contribution in [1.82, 2.24) is 20.0 Å². The van der Waals surface area contributed by atoms with E-state index in [9.17, 15) is 4.79 Å². The van der Waals surface area contributed by atoms with Gasteiger partial charge in [-0.1, -0.05) is 18.5 Å². The maximum Gasteiger partial charge on any atom is 0.271 e. The van der Waals surface area contributed by atoms with Gasteiger partial charge in [-0.25, -0.2) is 0 Å². The van der Waals surface area contributed by atoms with E-state index in [1.54, 1.807) is 17.2 Å². The molecule has 1 unspecified atom stereocenters. The van der Waals surface area contributed by atoms with Gasteiger partial charge in [-0.2, -0.15) is 5.10 Å². The summed E-state index contributed by atoms with van der Waals surface area (Å²) in [6, 6.07) is 1.61. The van der Waals surface area contributed by atoms with Gasteiger partial charge >= 0.3 is 0 Å². The summed E-state index contributed by atoms with van der Waals surface area (Å²) in [7, 11) is 0. The highest BCUT2D eigenvalue weighted by Gasteiger charge is 2.28. The lowest BCUT2D eigenvalue weighted by atomic mass is 10.1. The maximum absolute atomic E-state index is 12.2. The first kappa shape index (κ1) is 15.3. The third-order valence-corrected chi connectivity index (χ3v) is 3.79. The summed E-state index contributed by atoms with van der Waals surface area (Å²) in [6.07, 6.45) is 3.36. The Labute approximate surface area is 123 Å². The molecule has 1 saturated heterocycles. The molecule has 2 heterocycles. The first-order chi connectivity index (χ1) is 10.2.